The third-order valence-corrected chi connectivity index (χ3v) is 3.54. The SMILES string of the molecule is CC1CNCC(NC(=O)N2CCCCC2)C1. The van der Waals surface area contributed by atoms with E-state index in [1.807, 2.05) is 4.90 Å². The molecule has 0 saturated carbocycles. The van der Waals surface area contributed by atoms with E-state index in [9.17, 15) is 4.79 Å². The Kier molecular flexibility index (Phi) is 4.04. The van der Waals surface area contributed by atoms with Crippen molar-refractivity contribution in [3.63, 3.8) is 0 Å². The molecule has 4 heteroatoms. The van der Waals surface area contributed by atoms with Crippen molar-refractivity contribution in [2.75, 3.05) is 26.2 Å². The molecule has 16 heavy (non-hydrogen) atoms. The summed E-state index contributed by atoms with van der Waals surface area (Å²) in [6.45, 7) is 6.09. The average Bonchev–Trinajstić information content (AvgIpc) is 2.30. The molecule has 0 aromatic carbocycles. The summed E-state index contributed by atoms with van der Waals surface area (Å²) in [5, 5.41) is 6.50. The van der Waals surface area contributed by atoms with Gasteiger partial charge in [-0.05, 0) is 38.1 Å². The van der Waals surface area contributed by atoms with Crippen molar-refractivity contribution in [3.05, 3.63) is 0 Å². The van der Waals surface area contributed by atoms with Crippen molar-refractivity contribution < 1.29 is 4.79 Å². The third kappa shape index (κ3) is 3.11. The number of piperidine rings is 2. The van der Waals surface area contributed by atoms with Gasteiger partial charge in [-0.2, -0.15) is 0 Å². The molecule has 2 heterocycles. The fourth-order valence-corrected chi connectivity index (χ4v) is 2.63. The number of likely N-dealkylation sites (tertiary alicyclic amines) is 1. The van der Waals surface area contributed by atoms with E-state index in [0.29, 0.717) is 12.0 Å². The summed E-state index contributed by atoms with van der Waals surface area (Å²) in [4.78, 5) is 13.9. The molecule has 2 rings (SSSR count). The third-order valence-electron chi connectivity index (χ3n) is 3.54. The van der Waals surface area contributed by atoms with Crippen LogP contribution in [-0.4, -0.2) is 43.2 Å². The van der Waals surface area contributed by atoms with Gasteiger partial charge in [0, 0.05) is 25.7 Å². The molecule has 2 N–H and O–H groups in total. The molecule has 0 spiro atoms. The highest BCUT2D eigenvalue weighted by Crippen LogP contribution is 2.12. The highest BCUT2D eigenvalue weighted by molar-refractivity contribution is 5.74. The Balaban J connectivity index is 1.77. The van der Waals surface area contributed by atoms with Crippen molar-refractivity contribution in [1.29, 1.82) is 0 Å². The minimum absolute atomic E-state index is 0.139. The van der Waals surface area contributed by atoms with E-state index in [-0.39, 0.29) is 6.03 Å². The van der Waals surface area contributed by atoms with Gasteiger partial charge in [0.1, 0.15) is 0 Å². The summed E-state index contributed by atoms with van der Waals surface area (Å²) >= 11 is 0. The van der Waals surface area contributed by atoms with E-state index in [4.69, 9.17) is 0 Å². The molecule has 2 fully saturated rings. The number of hydrogen-bond acceptors (Lipinski definition) is 2. The fraction of sp³-hybridized carbons (Fsp3) is 0.917. The van der Waals surface area contributed by atoms with Gasteiger partial charge in [0.25, 0.3) is 0 Å². The Labute approximate surface area is 97.8 Å². The number of nitrogens with one attached hydrogen (secondary N) is 2. The van der Waals surface area contributed by atoms with E-state index in [1.54, 1.807) is 0 Å². The van der Waals surface area contributed by atoms with Gasteiger partial charge in [-0.1, -0.05) is 6.92 Å². The van der Waals surface area contributed by atoms with E-state index >= 15 is 0 Å². The zero-order chi connectivity index (χ0) is 11.4. The molecule has 4 nitrogen and oxygen atoms in total. The summed E-state index contributed by atoms with van der Waals surface area (Å²) in [5.41, 5.74) is 0. The van der Waals surface area contributed by atoms with Crippen LogP contribution in [0.5, 0.6) is 0 Å². The highest BCUT2D eigenvalue weighted by Gasteiger charge is 2.23. The lowest BCUT2D eigenvalue weighted by molar-refractivity contribution is 0.178. The number of hydrogen-bond donors (Lipinski definition) is 2. The average molecular weight is 225 g/mol. The molecule has 2 unspecified atom stereocenters. The Bertz CT molecular complexity index is 238. The first-order valence-electron chi connectivity index (χ1n) is 6.52. The Morgan fingerprint density at radius 2 is 2.00 bits per heavy atom. The van der Waals surface area contributed by atoms with Crippen LogP contribution in [0.25, 0.3) is 0 Å². The first-order chi connectivity index (χ1) is 7.75. The normalized spacial score (nSPS) is 31.2. The standard InChI is InChI=1S/C12H23N3O/c1-10-7-11(9-13-8-10)14-12(16)15-5-3-2-4-6-15/h10-11,13H,2-9H2,1H3,(H,14,16). The Morgan fingerprint density at radius 3 is 2.69 bits per heavy atom. The highest BCUT2D eigenvalue weighted by atomic mass is 16.2. The van der Waals surface area contributed by atoms with Crippen molar-refractivity contribution in [1.82, 2.24) is 15.5 Å². The van der Waals surface area contributed by atoms with Gasteiger partial charge in [-0.25, -0.2) is 4.79 Å². The fourth-order valence-electron chi connectivity index (χ4n) is 2.63. The maximum atomic E-state index is 12.0. The van der Waals surface area contributed by atoms with E-state index in [0.717, 1.165) is 45.4 Å². The van der Waals surface area contributed by atoms with Gasteiger partial charge >= 0.3 is 6.03 Å². The van der Waals surface area contributed by atoms with Crippen LogP contribution in [0.2, 0.25) is 0 Å². The van der Waals surface area contributed by atoms with Crippen LogP contribution in [0.1, 0.15) is 32.6 Å². The van der Waals surface area contributed by atoms with Gasteiger partial charge in [0.2, 0.25) is 0 Å². The summed E-state index contributed by atoms with van der Waals surface area (Å²) in [6.07, 6.45) is 4.69. The van der Waals surface area contributed by atoms with Crippen molar-refractivity contribution in [3.8, 4) is 0 Å². The predicted octanol–water partition coefficient (Wildman–Crippen LogP) is 1.18. The lowest BCUT2D eigenvalue weighted by atomic mass is 9.98. The number of carbonyl (C=O) groups excluding carboxylic acids is 1. The molecular weight excluding hydrogens is 202 g/mol. The monoisotopic (exact) mass is 225 g/mol. The molecule has 2 atom stereocenters. The van der Waals surface area contributed by atoms with Crippen molar-refractivity contribution >= 4 is 6.03 Å². The molecule has 0 bridgehead atoms. The summed E-state index contributed by atoms with van der Waals surface area (Å²) in [7, 11) is 0. The second kappa shape index (κ2) is 5.53. The van der Waals surface area contributed by atoms with Crippen LogP contribution >= 0.6 is 0 Å². The van der Waals surface area contributed by atoms with Crippen LogP contribution < -0.4 is 10.6 Å². The van der Waals surface area contributed by atoms with E-state index in [1.165, 1.54) is 6.42 Å². The lowest BCUT2D eigenvalue weighted by Crippen LogP contribution is -2.52. The number of amides is 2. The Morgan fingerprint density at radius 1 is 1.25 bits per heavy atom. The van der Waals surface area contributed by atoms with Crippen LogP contribution in [0.15, 0.2) is 0 Å². The predicted molar refractivity (Wildman–Crippen MR) is 64.4 cm³/mol. The van der Waals surface area contributed by atoms with Gasteiger partial charge in [0.05, 0.1) is 0 Å². The van der Waals surface area contributed by atoms with Crippen molar-refractivity contribution in [2.24, 2.45) is 5.92 Å². The zero-order valence-corrected chi connectivity index (χ0v) is 10.2. The number of carbonyl (C=O) groups is 1. The number of rotatable bonds is 1. The molecule has 2 aliphatic heterocycles. The number of nitrogens with zero attached hydrogens (tertiary/aromatic N) is 1. The van der Waals surface area contributed by atoms with Crippen LogP contribution in [-0.2, 0) is 0 Å². The van der Waals surface area contributed by atoms with Gasteiger partial charge in [0.15, 0.2) is 0 Å². The smallest absolute Gasteiger partial charge is 0.317 e. The zero-order valence-electron chi connectivity index (χ0n) is 10.2. The maximum Gasteiger partial charge on any atom is 0.317 e. The van der Waals surface area contributed by atoms with Gasteiger partial charge in [-0.3, -0.25) is 0 Å². The minimum Gasteiger partial charge on any atom is -0.334 e. The van der Waals surface area contributed by atoms with Gasteiger partial charge in [-0.15, -0.1) is 0 Å². The topological polar surface area (TPSA) is 44.4 Å². The van der Waals surface area contributed by atoms with Crippen LogP contribution in [0.3, 0.4) is 0 Å². The molecule has 2 amide bonds. The minimum atomic E-state index is 0.139. The first-order valence-corrected chi connectivity index (χ1v) is 6.52. The van der Waals surface area contributed by atoms with E-state index < -0.39 is 0 Å². The molecule has 2 saturated heterocycles. The second-order valence-corrected chi connectivity index (χ2v) is 5.19. The van der Waals surface area contributed by atoms with E-state index in [2.05, 4.69) is 17.6 Å². The lowest BCUT2D eigenvalue weighted by Gasteiger charge is -2.32. The molecule has 0 radical (unpaired) electrons. The number of urea groups is 1. The van der Waals surface area contributed by atoms with Crippen LogP contribution in [0, 0.1) is 5.92 Å². The molecule has 2 aliphatic rings. The van der Waals surface area contributed by atoms with Gasteiger partial charge < -0.3 is 15.5 Å². The Hall–Kier alpha value is -0.770. The largest absolute Gasteiger partial charge is 0.334 e. The summed E-state index contributed by atoms with van der Waals surface area (Å²) in [5.74, 6) is 0.667. The van der Waals surface area contributed by atoms with Crippen molar-refractivity contribution in [2.45, 2.75) is 38.6 Å². The maximum absolute atomic E-state index is 12.0. The first kappa shape index (κ1) is 11.7. The second-order valence-electron chi connectivity index (χ2n) is 5.19. The summed E-state index contributed by atoms with van der Waals surface area (Å²) < 4.78 is 0. The molecule has 0 aromatic heterocycles. The molecule has 0 aromatic rings. The summed E-state index contributed by atoms with van der Waals surface area (Å²) in [6, 6.07) is 0.457. The molecule has 0 aliphatic carbocycles. The molecule has 92 valence electrons. The molecular formula is C12H23N3O. The quantitative estimate of drug-likeness (QED) is 0.704. The van der Waals surface area contributed by atoms with Crippen LogP contribution in [0.4, 0.5) is 4.79 Å².